The number of rotatable bonds is 4. The van der Waals surface area contributed by atoms with E-state index in [2.05, 4.69) is 17.0 Å². The fourth-order valence-electron chi connectivity index (χ4n) is 4.26. The number of methoxy groups -OCH3 is 1. The molecule has 7 heteroatoms. The molecule has 0 unspecified atom stereocenters. The molecule has 4 aliphatic rings. The van der Waals surface area contributed by atoms with Crippen LogP contribution in [0.25, 0.3) is 11.0 Å². The van der Waals surface area contributed by atoms with Crippen LogP contribution in [0.5, 0.6) is 5.88 Å². The van der Waals surface area contributed by atoms with Crippen molar-refractivity contribution in [3.63, 3.8) is 0 Å². The Kier molecular flexibility index (Phi) is 2.99. The first-order valence-corrected chi connectivity index (χ1v) is 8.80. The minimum atomic E-state index is -0.435. The van der Waals surface area contributed by atoms with Crippen molar-refractivity contribution in [1.29, 1.82) is 0 Å². The molecule has 0 spiro atoms. The van der Waals surface area contributed by atoms with Crippen LogP contribution in [0.1, 0.15) is 49.4 Å². The quantitative estimate of drug-likeness (QED) is 0.794. The van der Waals surface area contributed by atoms with E-state index >= 15 is 0 Å². The highest BCUT2D eigenvalue weighted by molar-refractivity contribution is 5.95. The summed E-state index contributed by atoms with van der Waals surface area (Å²) in [5.41, 5.74) is 0.869. The van der Waals surface area contributed by atoms with Crippen molar-refractivity contribution < 1.29 is 19.0 Å². The smallest absolute Gasteiger partial charge is 0.343 e. The summed E-state index contributed by atoms with van der Waals surface area (Å²) in [6.45, 7) is 2.81. The molecule has 6 rings (SSSR count). The van der Waals surface area contributed by atoms with Crippen LogP contribution in [-0.4, -0.2) is 46.2 Å². The van der Waals surface area contributed by atoms with Crippen LogP contribution < -0.4 is 4.74 Å². The third-order valence-corrected chi connectivity index (χ3v) is 5.78. The Hall–Kier alpha value is -2.15. The van der Waals surface area contributed by atoms with E-state index in [1.807, 2.05) is 10.9 Å². The second kappa shape index (κ2) is 4.94. The fraction of sp³-hybridized carbons (Fsp3) is 0.611. The number of hydrogen-bond acceptors (Lipinski definition) is 6. The first-order chi connectivity index (χ1) is 12.0. The molecular formula is C18H21N3O4. The highest BCUT2D eigenvalue weighted by Crippen LogP contribution is 2.55. The minimum Gasteiger partial charge on any atom is -0.474 e. The number of esters is 1. The molecule has 0 aromatic carbocycles. The van der Waals surface area contributed by atoms with E-state index in [0.29, 0.717) is 23.7 Å². The number of carbonyl (C=O) groups excluding carboxylic acids is 1. The van der Waals surface area contributed by atoms with Gasteiger partial charge in [-0.05, 0) is 32.3 Å². The maximum Gasteiger partial charge on any atom is 0.343 e. The van der Waals surface area contributed by atoms with Gasteiger partial charge in [-0.2, -0.15) is 10.1 Å². The molecule has 2 aromatic rings. The molecule has 2 bridgehead atoms. The summed E-state index contributed by atoms with van der Waals surface area (Å²) >= 11 is 0. The molecule has 4 fully saturated rings. The molecule has 4 heterocycles. The van der Waals surface area contributed by atoms with Crippen LogP contribution in [0.2, 0.25) is 0 Å². The average Bonchev–Trinajstić information content (AvgIpc) is 3.19. The molecule has 2 saturated heterocycles. The number of hydrogen-bond donors (Lipinski definition) is 0. The highest BCUT2D eigenvalue weighted by Gasteiger charge is 2.61. The molecule has 2 aromatic heterocycles. The van der Waals surface area contributed by atoms with Crippen LogP contribution >= 0.6 is 0 Å². The summed E-state index contributed by atoms with van der Waals surface area (Å²) in [6.07, 6.45) is 7.14. The molecule has 25 heavy (non-hydrogen) atoms. The maximum absolute atomic E-state index is 12.2. The Morgan fingerprint density at radius 1 is 1.40 bits per heavy atom. The van der Waals surface area contributed by atoms with Crippen LogP contribution in [0.15, 0.2) is 12.3 Å². The van der Waals surface area contributed by atoms with E-state index in [1.54, 1.807) is 6.07 Å². The molecule has 0 atom stereocenters. The van der Waals surface area contributed by atoms with Crippen LogP contribution in [0.3, 0.4) is 0 Å². The lowest BCUT2D eigenvalue weighted by Crippen LogP contribution is -2.49. The Morgan fingerprint density at radius 3 is 2.80 bits per heavy atom. The first-order valence-electron chi connectivity index (χ1n) is 8.80. The molecule has 0 N–H and O–H groups in total. The van der Waals surface area contributed by atoms with E-state index in [4.69, 9.17) is 14.2 Å². The molecule has 2 aliphatic carbocycles. The number of aromatic nitrogens is 3. The predicted octanol–water partition coefficient (Wildman–Crippen LogP) is 2.43. The second-order valence-electron chi connectivity index (χ2n) is 7.81. The number of nitrogens with zero attached hydrogens (tertiary/aromatic N) is 3. The van der Waals surface area contributed by atoms with Crippen molar-refractivity contribution in [2.75, 3.05) is 13.7 Å². The summed E-state index contributed by atoms with van der Waals surface area (Å²) in [5.74, 6) is -0.108. The number of fused-ring (bicyclic) bond motifs is 2. The summed E-state index contributed by atoms with van der Waals surface area (Å²) in [7, 11) is 1.37. The first kappa shape index (κ1) is 15.1. The topological polar surface area (TPSA) is 75.5 Å². The highest BCUT2D eigenvalue weighted by atomic mass is 16.5. The zero-order valence-electron chi connectivity index (χ0n) is 14.4. The Bertz CT molecular complexity index is 865. The lowest BCUT2D eigenvalue weighted by molar-refractivity contribution is 0.00381. The Morgan fingerprint density at radius 2 is 2.20 bits per heavy atom. The van der Waals surface area contributed by atoms with E-state index in [0.717, 1.165) is 37.5 Å². The summed E-state index contributed by atoms with van der Waals surface area (Å²) in [6, 6.07) is 1.77. The van der Waals surface area contributed by atoms with Gasteiger partial charge < -0.3 is 14.2 Å². The van der Waals surface area contributed by atoms with Gasteiger partial charge in [0, 0.05) is 24.4 Å². The molecule has 2 aliphatic heterocycles. The number of pyridine rings is 1. The Labute approximate surface area is 145 Å². The normalized spacial score (nSPS) is 30.8. The summed E-state index contributed by atoms with van der Waals surface area (Å²) in [5, 5.41) is 5.48. The van der Waals surface area contributed by atoms with Gasteiger partial charge in [0.05, 0.1) is 24.9 Å². The van der Waals surface area contributed by atoms with Gasteiger partial charge in [0.25, 0.3) is 0 Å². The van der Waals surface area contributed by atoms with Gasteiger partial charge in [-0.3, -0.25) is 4.68 Å². The average molecular weight is 343 g/mol. The minimum absolute atomic E-state index is 0.0127. The monoisotopic (exact) mass is 343 g/mol. The van der Waals surface area contributed by atoms with Crippen LogP contribution in [0, 0.1) is 0 Å². The second-order valence-corrected chi connectivity index (χ2v) is 7.81. The van der Waals surface area contributed by atoms with Gasteiger partial charge in [0.1, 0.15) is 11.7 Å². The van der Waals surface area contributed by atoms with E-state index in [1.165, 1.54) is 7.11 Å². The number of ether oxygens (including phenoxy) is 3. The van der Waals surface area contributed by atoms with Crippen LogP contribution in [-0.2, 0) is 15.0 Å². The Balaban J connectivity index is 1.55. The SMILES string of the molecule is COC(=O)c1cc2cn(C34COC(C)(C3)C4)nc2nc1OC1CCC1. The van der Waals surface area contributed by atoms with Crippen LogP contribution in [0.4, 0.5) is 0 Å². The molecule has 7 nitrogen and oxygen atoms in total. The third kappa shape index (κ3) is 2.18. The van der Waals surface area contributed by atoms with Crippen molar-refractivity contribution >= 4 is 17.0 Å². The lowest BCUT2D eigenvalue weighted by Gasteiger charge is -2.42. The molecule has 132 valence electrons. The largest absolute Gasteiger partial charge is 0.474 e. The zero-order valence-corrected chi connectivity index (χ0v) is 14.4. The van der Waals surface area contributed by atoms with Gasteiger partial charge in [-0.1, -0.05) is 0 Å². The zero-order chi connectivity index (χ0) is 17.2. The molecule has 2 saturated carbocycles. The van der Waals surface area contributed by atoms with Crippen molar-refractivity contribution in [2.45, 2.75) is 56.3 Å². The standard InChI is InChI=1S/C18H21N3O4/c1-17-8-18(9-17,10-24-17)21-7-11-6-13(16(22)23-2)15(19-14(11)20-21)25-12-4-3-5-12/h6-7,12H,3-5,8-10H2,1-2H3. The molecule has 0 amide bonds. The van der Waals surface area contributed by atoms with E-state index < -0.39 is 5.97 Å². The van der Waals surface area contributed by atoms with Gasteiger partial charge in [-0.15, -0.1) is 0 Å². The van der Waals surface area contributed by atoms with E-state index in [9.17, 15) is 4.79 Å². The lowest BCUT2D eigenvalue weighted by atomic mass is 9.69. The third-order valence-electron chi connectivity index (χ3n) is 5.78. The van der Waals surface area contributed by atoms with Crippen molar-refractivity contribution in [2.24, 2.45) is 0 Å². The summed E-state index contributed by atoms with van der Waals surface area (Å²) < 4.78 is 18.6. The van der Waals surface area contributed by atoms with Gasteiger partial charge in [0.15, 0.2) is 5.65 Å². The van der Waals surface area contributed by atoms with Crippen molar-refractivity contribution in [3.8, 4) is 5.88 Å². The van der Waals surface area contributed by atoms with Gasteiger partial charge in [0.2, 0.25) is 5.88 Å². The number of carbonyl (C=O) groups is 1. The fourth-order valence-corrected chi connectivity index (χ4v) is 4.26. The molecule has 0 radical (unpaired) electrons. The van der Waals surface area contributed by atoms with Gasteiger partial charge >= 0.3 is 5.97 Å². The maximum atomic E-state index is 12.2. The predicted molar refractivity (Wildman–Crippen MR) is 88.7 cm³/mol. The van der Waals surface area contributed by atoms with Crippen molar-refractivity contribution in [3.05, 3.63) is 17.8 Å². The van der Waals surface area contributed by atoms with Gasteiger partial charge in [-0.25, -0.2) is 4.79 Å². The van der Waals surface area contributed by atoms with E-state index in [-0.39, 0.29) is 17.2 Å². The molecular weight excluding hydrogens is 322 g/mol. The van der Waals surface area contributed by atoms with Crippen molar-refractivity contribution in [1.82, 2.24) is 14.8 Å². The summed E-state index contributed by atoms with van der Waals surface area (Å²) in [4.78, 5) is 16.7.